The maximum absolute atomic E-state index is 6.37. The lowest BCUT2D eigenvalue weighted by atomic mass is 10.2. The second-order valence-electron chi connectivity index (χ2n) is 5.74. The molecule has 5 heteroatoms. The van der Waals surface area contributed by atoms with E-state index in [1.807, 2.05) is 0 Å². The van der Waals surface area contributed by atoms with Crippen LogP contribution >= 0.6 is 22.9 Å². The Morgan fingerprint density at radius 2 is 1.85 bits per heavy atom. The first-order valence-corrected chi connectivity index (χ1v) is 8.56. The molecule has 2 aromatic heterocycles. The molecule has 1 saturated heterocycles. The van der Waals surface area contributed by atoms with Crippen LogP contribution in [-0.4, -0.2) is 23.1 Å². The number of rotatable bonds is 2. The Morgan fingerprint density at radius 3 is 2.50 bits per heavy atom. The molecule has 0 N–H and O–H groups in total. The van der Waals surface area contributed by atoms with Gasteiger partial charge in [-0.3, -0.25) is 0 Å². The predicted molar refractivity (Wildman–Crippen MR) is 87.2 cm³/mol. The fraction of sp³-hybridized carbons (Fsp3) is 0.600. The van der Waals surface area contributed by atoms with Crippen LogP contribution in [0.25, 0.3) is 10.2 Å². The highest BCUT2D eigenvalue weighted by molar-refractivity contribution is 7.18. The lowest BCUT2D eigenvalue weighted by Crippen LogP contribution is -2.25. The van der Waals surface area contributed by atoms with Gasteiger partial charge in [-0.2, -0.15) is 0 Å². The van der Waals surface area contributed by atoms with E-state index >= 15 is 0 Å². The van der Waals surface area contributed by atoms with Gasteiger partial charge in [-0.05, 0) is 24.8 Å². The van der Waals surface area contributed by atoms with E-state index in [4.69, 9.17) is 16.6 Å². The van der Waals surface area contributed by atoms with E-state index < -0.39 is 0 Å². The number of hydrogen-bond acceptors (Lipinski definition) is 4. The number of thiophene rings is 1. The minimum absolute atomic E-state index is 0.506. The lowest BCUT2D eigenvalue weighted by Gasteiger charge is -2.20. The molecular formula is C15H20ClN3S. The van der Waals surface area contributed by atoms with Crippen LogP contribution in [0, 0.1) is 0 Å². The van der Waals surface area contributed by atoms with Gasteiger partial charge in [0.1, 0.15) is 9.98 Å². The molecule has 0 unspecified atom stereocenters. The van der Waals surface area contributed by atoms with Crippen LogP contribution in [0.3, 0.4) is 0 Å². The average molecular weight is 310 g/mol. The molecule has 0 aromatic carbocycles. The van der Waals surface area contributed by atoms with Crippen LogP contribution in [0.5, 0.6) is 0 Å². The maximum Gasteiger partial charge on any atom is 0.228 e. The number of halogens is 1. The van der Waals surface area contributed by atoms with Crippen molar-refractivity contribution in [2.45, 2.75) is 45.4 Å². The summed E-state index contributed by atoms with van der Waals surface area (Å²) in [5.41, 5.74) is 0. The predicted octanol–water partition coefficient (Wildman–Crippen LogP) is 4.85. The SMILES string of the molecule is CC(C)c1cc2c(Cl)nc(N3CCCCCC3)nc2s1. The normalized spacial score (nSPS) is 16.9. The quantitative estimate of drug-likeness (QED) is 0.743. The Labute approximate surface area is 129 Å². The average Bonchev–Trinajstić information content (AvgIpc) is 2.67. The van der Waals surface area contributed by atoms with Crippen molar-refractivity contribution in [2.24, 2.45) is 0 Å². The standard InChI is InChI=1S/C15H20ClN3S/c1-10(2)12-9-11-13(16)17-15(18-14(11)20-12)19-7-5-3-4-6-8-19/h9-10H,3-8H2,1-2H3. The minimum atomic E-state index is 0.506. The zero-order valence-electron chi connectivity index (χ0n) is 12.0. The number of nitrogens with zero attached hydrogens (tertiary/aromatic N) is 3. The van der Waals surface area contributed by atoms with Gasteiger partial charge >= 0.3 is 0 Å². The summed E-state index contributed by atoms with van der Waals surface area (Å²) in [6.07, 6.45) is 5.06. The summed E-state index contributed by atoms with van der Waals surface area (Å²) in [6, 6.07) is 2.14. The lowest BCUT2D eigenvalue weighted by molar-refractivity contribution is 0.726. The zero-order chi connectivity index (χ0) is 14.1. The van der Waals surface area contributed by atoms with Gasteiger partial charge in [-0.1, -0.05) is 38.3 Å². The van der Waals surface area contributed by atoms with E-state index in [-0.39, 0.29) is 0 Å². The van der Waals surface area contributed by atoms with Crippen LogP contribution in [0.2, 0.25) is 5.15 Å². The van der Waals surface area contributed by atoms with Crippen molar-refractivity contribution in [1.29, 1.82) is 0 Å². The van der Waals surface area contributed by atoms with Crippen molar-refractivity contribution < 1.29 is 0 Å². The molecular weight excluding hydrogens is 290 g/mol. The Hall–Kier alpha value is -0.870. The number of anilines is 1. The monoisotopic (exact) mass is 309 g/mol. The summed E-state index contributed by atoms with van der Waals surface area (Å²) in [6.45, 7) is 6.48. The molecule has 0 amide bonds. The van der Waals surface area contributed by atoms with Gasteiger partial charge in [0.25, 0.3) is 0 Å². The van der Waals surface area contributed by atoms with Gasteiger partial charge in [-0.25, -0.2) is 9.97 Å². The van der Waals surface area contributed by atoms with Gasteiger partial charge in [-0.15, -0.1) is 11.3 Å². The third kappa shape index (κ3) is 2.77. The van der Waals surface area contributed by atoms with Crippen LogP contribution in [0.1, 0.15) is 50.3 Å². The summed E-state index contributed by atoms with van der Waals surface area (Å²) in [5.74, 6) is 1.31. The molecule has 108 valence electrons. The Morgan fingerprint density at radius 1 is 1.15 bits per heavy atom. The molecule has 3 nitrogen and oxygen atoms in total. The first-order valence-electron chi connectivity index (χ1n) is 7.37. The van der Waals surface area contributed by atoms with Gasteiger partial charge in [0, 0.05) is 23.4 Å². The summed E-state index contributed by atoms with van der Waals surface area (Å²) >= 11 is 8.11. The molecule has 0 atom stereocenters. The van der Waals surface area contributed by atoms with Crippen LogP contribution in [0.15, 0.2) is 6.07 Å². The van der Waals surface area contributed by atoms with Crippen molar-refractivity contribution in [3.8, 4) is 0 Å². The van der Waals surface area contributed by atoms with Gasteiger partial charge < -0.3 is 4.90 Å². The van der Waals surface area contributed by atoms with E-state index in [0.717, 1.165) is 29.3 Å². The molecule has 0 radical (unpaired) electrons. The molecule has 1 fully saturated rings. The molecule has 3 rings (SSSR count). The summed E-state index contributed by atoms with van der Waals surface area (Å²) in [7, 11) is 0. The number of aromatic nitrogens is 2. The van der Waals surface area contributed by atoms with Crippen molar-refractivity contribution in [3.05, 3.63) is 16.1 Å². The first kappa shape index (κ1) is 14.1. The van der Waals surface area contributed by atoms with Crippen molar-refractivity contribution in [2.75, 3.05) is 18.0 Å². The summed E-state index contributed by atoms with van der Waals surface area (Å²) in [5, 5.41) is 1.59. The number of hydrogen-bond donors (Lipinski definition) is 0. The second kappa shape index (κ2) is 5.86. The molecule has 0 aliphatic carbocycles. The molecule has 0 bridgehead atoms. The third-order valence-electron chi connectivity index (χ3n) is 3.81. The maximum atomic E-state index is 6.37. The highest BCUT2D eigenvalue weighted by atomic mass is 35.5. The van der Waals surface area contributed by atoms with Gasteiger partial charge in [0.15, 0.2) is 0 Å². The number of fused-ring (bicyclic) bond motifs is 1. The van der Waals surface area contributed by atoms with Crippen LogP contribution in [-0.2, 0) is 0 Å². The van der Waals surface area contributed by atoms with Crippen LogP contribution in [0.4, 0.5) is 5.95 Å². The first-order chi connectivity index (χ1) is 9.65. The molecule has 1 aliphatic rings. The fourth-order valence-corrected chi connectivity index (χ4v) is 3.90. The Kier molecular flexibility index (Phi) is 4.13. The zero-order valence-corrected chi connectivity index (χ0v) is 13.6. The minimum Gasteiger partial charge on any atom is -0.341 e. The summed E-state index contributed by atoms with van der Waals surface area (Å²) < 4.78 is 0. The van der Waals surface area contributed by atoms with E-state index in [2.05, 4.69) is 29.8 Å². The van der Waals surface area contributed by atoms with Gasteiger partial charge in [0.2, 0.25) is 5.95 Å². The van der Waals surface area contributed by atoms with Crippen molar-refractivity contribution in [3.63, 3.8) is 0 Å². The Balaban J connectivity index is 1.99. The highest BCUT2D eigenvalue weighted by Crippen LogP contribution is 2.34. The van der Waals surface area contributed by atoms with E-state index in [0.29, 0.717) is 11.1 Å². The largest absolute Gasteiger partial charge is 0.341 e. The molecule has 0 spiro atoms. The fourth-order valence-electron chi connectivity index (χ4n) is 2.59. The molecule has 1 aliphatic heterocycles. The second-order valence-corrected chi connectivity index (χ2v) is 7.16. The summed E-state index contributed by atoms with van der Waals surface area (Å²) in [4.78, 5) is 13.9. The highest BCUT2D eigenvalue weighted by Gasteiger charge is 2.17. The van der Waals surface area contributed by atoms with E-state index in [9.17, 15) is 0 Å². The van der Waals surface area contributed by atoms with Gasteiger partial charge in [0.05, 0.1) is 0 Å². The Bertz CT molecular complexity index is 600. The molecule has 0 saturated carbocycles. The topological polar surface area (TPSA) is 29.0 Å². The third-order valence-corrected chi connectivity index (χ3v) is 5.43. The molecule has 2 aromatic rings. The molecule has 3 heterocycles. The van der Waals surface area contributed by atoms with E-state index in [1.54, 1.807) is 11.3 Å². The smallest absolute Gasteiger partial charge is 0.228 e. The van der Waals surface area contributed by atoms with Crippen molar-refractivity contribution >= 4 is 39.1 Å². The van der Waals surface area contributed by atoms with E-state index in [1.165, 1.54) is 30.6 Å². The van der Waals surface area contributed by atoms with Crippen LogP contribution < -0.4 is 4.90 Å². The van der Waals surface area contributed by atoms with Crippen molar-refractivity contribution in [1.82, 2.24) is 9.97 Å². The molecule has 20 heavy (non-hydrogen) atoms.